The van der Waals surface area contributed by atoms with Gasteiger partial charge in [0.05, 0.1) is 0 Å². The molecule has 0 saturated heterocycles. The van der Waals surface area contributed by atoms with Gasteiger partial charge in [-0.3, -0.25) is 0 Å². The molecule has 7 heteroatoms. The average Bonchev–Trinajstić information content (AvgIpc) is 2.89. The van der Waals surface area contributed by atoms with E-state index in [0.29, 0.717) is 17.6 Å². The molecule has 0 fully saturated rings. The predicted octanol–water partition coefficient (Wildman–Crippen LogP) is 4.33. The maximum Gasteiger partial charge on any atom is 0.230 e. The summed E-state index contributed by atoms with van der Waals surface area (Å²) in [5.41, 5.74) is 2.12. The zero-order chi connectivity index (χ0) is 15.5. The molecule has 0 aliphatic heterocycles. The number of halogens is 1. The molecule has 0 spiro atoms. The highest BCUT2D eigenvalue weighted by Crippen LogP contribution is 2.23. The first-order valence-electron chi connectivity index (χ1n) is 6.67. The largest absolute Gasteiger partial charge is 0.360 e. The third-order valence-electron chi connectivity index (χ3n) is 2.97. The molecule has 2 heterocycles. The highest BCUT2D eigenvalue weighted by molar-refractivity contribution is 9.10. The van der Waals surface area contributed by atoms with E-state index in [0.717, 1.165) is 15.9 Å². The second kappa shape index (κ2) is 6.15. The maximum absolute atomic E-state index is 5.00. The molecule has 3 aromatic rings. The van der Waals surface area contributed by atoms with Gasteiger partial charge >= 0.3 is 0 Å². The summed E-state index contributed by atoms with van der Waals surface area (Å²) in [6, 6.07) is 9.61. The fraction of sp³-hybridized carbons (Fsp3) is 0.133. The number of hydrogen-bond donors (Lipinski definition) is 2. The van der Waals surface area contributed by atoms with Crippen LogP contribution in [0.1, 0.15) is 11.3 Å². The molecule has 2 N–H and O–H groups in total. The average molecular weight is 360 g/mol. The third kappa shape index (κ3) is 3.43. The van der Waals surface area contributed by atoms with Gasteiger partial charge in [0, 0.05) is 22.4 Å². The first-order chi connectivity index (χ1) is 10.6. The molecule has 0 atom stereocenters. The summed E-state index contributed by atoms with van der Waals surface area (Å²) in [5, 5.41) is 10.1. The molecule has 6 nitrogen and oxygen atoms in total. The molecule has 112 valence electrons. The summed E-state index contributed by atoms with van der Waals surface area (Å²) in [6.07, 6.45) is 1.67. The minimum atomic E-state index is 0.449. The van der Waals surface area contributed by atoms with Gasteiger partial charge in [0.1, 0.15) is 11.6 Å². The van der Waals surface area contributed by atoms with Crippen LogP contribution in [0.2, 0.25) is 0 Å². The molecule has 1 aromatic carbocycles. The smallest absolute Gasteiger partial charge is 0.230 e. The Morgan fingerprint density at radius 1 is 1.05 bits per heavy atom. The third-order valence-corrected chi connectivity index (χ3v) is 3.82. The number of rotatable bonds is 4. The van der Waals surface area contributed by atoms with Gasteiger partial charge in [0.15, 0.2) is 5.82 Å². The summed E-state index contributed by atoms with van der Waals surface area (Å²) in [6.45, 7) is 3.87. The number of anilines is 4. The van der Waals surface area contributed by atoms with Gasteiger partial charge < -0.3 is 15.2 Å². The summed E-state index contributed by atoms with van der Waals surface area (Å²) in [4.78, 5) is 8.56. The Hall–Kier alpha value is -2.41. The second-order valence-corrected chi connectivity index (χ2v) is 5.66. The Morgan fingerprint density at radius 2 is 1.91 bits per heavy atom. The van der Waals surface area contributed by atoms with Crippen molar-refractivity contribution in [3.63, 3.8) is 0 Å². The van der Waals surface area contributed by atoms with Crippen LogP contribution in [-0.4, -0.2) is 15.1 Å². The summed E-state index contributed by atoms with van der Waals surface area (Å²) >= 11 is 3.52. The van der Waals surface area contributed by atoms with E-state index in [9.17, 15) is 0 Å². The van der Waals surface area contributed by atoms with Gasteiger partial charge in [-0.05, 0) is 37.6 Å². The van der Waals surface area contributed by atoms with E-state index in [1.54, 1.807) is 18.3 Å². The van der Waals surface area contributed by atoms with E-state index in [-0.39, 0.29) is 0 Å². The van der Waals surface area contributed by atoms with Crippen LogP contribution in [0.5, 0.6) is 0 Å². The molecular weight excluding hydrogens is 346 g/mol. The Bertz CT molecular complexity index is 802. The van der Waals surface area contributed by atoms with Crippen LogP contribution < -0.4 is 10.6 Å². The Labute approximate surface area is 136 Å². The monoisotopic (exact) mass is 359 g/mol. The highest BCUT2D eigenvalue weighted by atomic mass is 79.9. The summed E-state index contributed by atoms with van der Waals surface area (Å²) < 4.78 is 6.04. The van der Waals surface area contributed by atoms with E-state index < -0.39 is 0 Å². The quantitative estimate of drug-likeness (QED) is 0.721. The van der Waals surface area contributed by atoms with Crippen molar-refractivity contribution in [2.75, 3.05) is 10.6 Å². The molecule has 0 radical (unpaired) electrons. The molecule has 22 heavy (non-hydrogen) atoms. The van der Waals surface area contributed by atoms with Crippen molar-refractivity contribution >= 4 is 39.2 Å². The van der Waals surface area contributed by atoms with Crippen molar-refractivity contribution in [3.8, 4) is 0 Å². The lowest BCUT2D eigenvalue weighted by Crippen LogP contribution is -2.00. The van der Waals surface area contributed by atoms with E-state index in [4.69, 9.17) is 4.52 Å². The topological polar surface area (TPSA) is 75.9 Å². The van der Waals surface area contributed by atoms with Crippen LogP contribution in [0.3, 0.4) is 0 Å². The summed E-state index contributed by atoms with van der Waals surface area (Å²) in [7, 11) is 0. The van der Waals surface area contributed by atoms with Crippen molar-refractivity contribution in [1.82, 2.24) is 15.1 Å². The van der Waals surface area contributed by atoms with Gasteiger partial charge in [0.2, 0.25) is 5.95 Å². The molecule has 0 unspecified atom stereocenters. The number of nitrogens with one attached hydrogen (secondary N) is 2. The zero-order valence-corrected chi connectivity index (χ0v) is 13.7. The first kappa shape index (κ1) is 14.5. The van der Waals surface area contributed by atoms with Gasteiger partial charge in [-0.2, -0.15) is 4.98 Å². The molecule has 0 saturated carbocycles. The molecular formula is C15H14BrN5O. The Balaban J connectivity index is 1.77. The molecule has 3 rings (SSSR count). The van der Waals surface area contributed by atoms with Crippen molar-refractivity contribution < 1.29 is 4.52 Å². The first-order valence-corrected chi connectivity index (χ1v) is 7.46. The van der Waals surface area contributed by atoms with Gasteiger partial charge in [-0.15, -0.1) is 0 Å². The molecule has 2 aromatic heterocycles. The normalized spacial score (nSPS) is 10.5. The minimum Gasteiger partial charge on any atom is -0.360 e. The second-order valence-electron chi connectivity index (χ2n) is 4.80. The van der Waals surface area contributed by atoms with Crippen LogP contribution in [-0.2, 0) is 0 Å². The Morgan fingerprint density at radius 3 is 2.64 bits per heavy atom. The van der Waals surface area contributed by atoms with Gasteiger partial charge in [0.25, 0.3) is 0 Å². The number of aromatic nitrogens is 3. The van der Waals surface area contributed by atoms with Crippen LogP contribution in [0.25, 0.3) is 0 Å². The zero-order valence-electron chi connectivity index (χ0n) is 12.1. The maximum atomic E-state index is 5.00. The molecule has 0 aliphatic rings. The van der Waals surface area contributed by atoms with Crippen molar-refractivity contribution in [2.45, 2.75) is 13.8 Å². The minimum absolute atomic E-state index is 0.449. The van der Waals surface area contributed by atoms with Crippen molar-refractivity contribution in [1.29, 1.82) is 0 Å². The van der Waals surface area contributed by atoms with Crippen molar-refractivity contribution in [2.24, 2.45) is 0 Å². The SMILES string of the molecule is Cc1cc(Nc2nccc(Nc3ccc(C)c(Br)c3)n2)no1. The van der Waals surface area contributed by atoms with E-state index >= 15 is 0 Å². The van der Waals surface area contributed by atoms with Crippen molar-refractivity contribution in [3.05, 3.63) is 52.3 Å². The number of hydrogen-bond acceptors (Lipinski definition) is 6. The van der Waals surface area contributed by atoms with Gasteiger partial charge in [-0.25, -0.2) is 4.98 Å². The summed E-state index contributed by atoms with van der Waals surface area (Å²) in [5.74, 6) is 2.44. The van der Waals surface area contributed by atoms with Crippen LogP contribution in [0.15, 0.2) is 45.5 Å². The molecule has 0 aliphatic carbocycles. The lowest BCUT2D eigenvalue weighted by Gasteiger charge is -2.08. The number of nitrogens with zero attached hydrogens (tertiary/aromatic N) is 3. The highest BCUT2D eigenvalue weighted by Gasteiger charge is 2.05. The van der Waals surface area contributed by atoms with Gasteiger partial charge in [-0.1, -0.05) is 27.2 Å². The standard InChI is InChI=1S/C15H14BrN5O/c1-9-3-4-11(8-12(9)16)18-13-5-6-17-15(19-13)20-14-7-10(2)22-21-14/h3-8H,1-2H3,(H2,17,18,19,20,21). The number of benzene rings is 1. The lowest BCUT2D eigenvalue weighted by atomic mass is 10.2. The predicted molar refractivity (Wildman–Crippen MR) is 88.7 cm³/mol. The van der Waals surface area contributed by atoms with E-state index in [1.165, 1.54) is 5.56 Å². The molecule has 0 bridgehead atoms. The van der Waals surface area contributed by atoms with E-state index in [1.807, 2.05) is 32.0 Å². The van der Waals surface area contributed by atoms with Crippen LogP contribution in [0, 0.1) is 13.8 Å². The van der Waals surface area contributed by atoms with Crippen LogP contribution in [0.4, 0.5) is 23.3 Å². The fourth-order valence-electron chi connectivity index (χ4n) is 1.85. The number of aryl methyl sites for hydroxylation is 2. The molecule has 0 amide bonds. The van der Waals surface area contributed by atoms with Crippen LogP contribution >= 0.6 is 15.9 Å². The Kier molecular flexibility index (Phi) is 4.06. The lowest BCUT2D eigenvalue weighted by molar-refractivity contribution is 0.400. The van der Waals surface area contributed by atoms with E-state index in [2.05, 4.69) is 41.7 Å². The fourth-order valence-corrected chi connectivity index (χ4v) is 2.23.